The number of hydrogen-bond donors (Lipinski definition) is 0. The number of para-hydroxylation sites is 2. The maximum Gasteiger partial charge on any atom is 0.229 e. The summed E-state index contributed by atoms with van der Waals surface area (Å²) in [4.78, 5) is 11.7. The minimum Gasteiger partial charge on any atom is -0.493 e. The van der Waals surface area contributed by atoms with Gasteiger partial charge in [-0.3, -0.25) is 0 Å². The Labute approximate surface area is 177 Å². The van der Waals surface area contributed by atoms with Gasteiger partial charge in [0.2, 0.25) is 21.9 Å². The summed E-state index contributed by atoms with van der Waals surface area (Å²) < 4.78 is 38.0. The van der Waals surface area contributed by atoms with Crippen molar-refractivity contribution >= 4 is 16.0 Å². The van der Waals surface area contributed by atoms with Crippen LogP contribution in [0.3, 0.4) is 0 Å². The van der Waals surface area contributed by atoms with Crippen molar-refractivity contribution in [3.63, 3.8) is 0 Å². The molecule has 0 spiro atoms. The van der Waals surface area contributed by atoms with Gasteiger partial charge in [-0.1, -0.05) is 12.1 Å². The third-order valence-corrected chi connectivity index (χ3v) is 7.48. The number of methoxy groups -OCH3 is 1. The van der Waals surface area contributed by atoms with Crippen molar-refractivity contribution in [3.05, 3.63) is 35.5 Å². The van der Waals surface area contributed by atoms with E-state index >= 15 is 0 Å². The van der Waals surface area contributed by atoms with Crippen LogP contribution in [0.15, 0.2) is 24.3 Å². The van der Waals surface area contributed by atoms with Crippen molar-refractivity contribution < 1.29 is 17.9 Å². The minimum absolute atomic E-state index is 0.0672. The number of piperidine rings is 1. The van der Waals surface area contributed by atoms with Gasteiger partial charge in [0.15, 0.2) is 11.5 Å². The molecule has 2 aliphatic rings. The van der Waals surface area contributed by atoms with Gasteiger partial charge in [0.05, 0.1) is 24.1 Å². The molecule has 2 aromatic rings. The molecular weight excluding hydrogens is 404 g/mol. The smallest absolute Gasteiger partial charge is 0.229 e. The van der Waals surface area contributed by atoms with Gasteiger partial charge in [0.25, 0.3) is 0 Å². The zero-order chi connectivity index (χ0) is 21.1. The van der Waals surface area contributed by atoms with E-state index in [-0.39, 0.29) is 12.3 Å². The average molecular weight is 433 g/mol. The molecule has 0 bridgehead atoms. The van der Waals surface area contributed by atoms with Crippen LogP contribution in [0.25, 0.3) is 0 Å². The molecule has 4 rings (SSSR count). The lowest BCUT2D eigenvalue weighted by atomic mass is 10.1. The van der Waals surface area contributed by atoms with Crippen LogP contribution in [0.2, 0.25) is 0 Å². The topological polar surface area (TPSA) is 84.9 Å². The summed E-state index contributed by atoms with van der Waals surface area (Å²) in [5, 5.41) is 0. The zero-order valence-corrected chi connectivity index (χ0v) is 18.3. The van der Waals surface area contributed by atoms with E-state index in [9.17, 15) is 8.42 Å². The third-order valence-electron chi connectivity index (χ3n) is 5.65. The van der Waals surface area contributed by atoms with Crippen molar-refractivity contribution in [2.75, 3.05) is 37.4 Å². The first kappa shape index (κ1) is 20.9. The molecule has 1 fully saturated rings. The Kier molecular flexibility index (Phi) is 6.10. The number of benzene rings is 1. The number of rotatable bonds is 6. The van der Waals surface area contributed by atoms with Gasteiger partial charge in [-0.05, 0) is 38.3 Å². The number of aromatic nitrogens is 2. The third kappa shape index (κ3) is 4.22. The lowest BCUT2D eigenvalue weighted by Crippen LogP contribution is -2.38. The van der Waals surface area contributed by atoms with Crippen LogP contribution >= 0.6 is 0 Å². The van der Waals surface area contributed by atoms with Crippen LogP contribution in [0.1, 0.15) is 37.4 Å². The first-order valence-corrected chi connectivity index (χ1v) is 12.1. The highest BCUT2D eigenvalue weighted by molar-refractivity contribution is 7.89. The molecule has 0 saturated carbocycles. The molecule has 3 heterocycles. The molecule has 0 amide bonds. The Morgan fingerprint density at radius 1 is 1.03 bits per heavy atom. The summed E-state index contributed by atoms with van der Waals surface area (Å²) in [6, 6.07) is 7.38. The molecule has 0 aliphatic carbocycles. The van der Waals surface area contributed by atoms with Gasteiger partial charge in [0.1, 0.15) is 0 Å². The summed E-state index contributed by atoms with van der Waals surface area (Å²) in [5.41, 5.74) is 1.59. The van der Waals surface area contributed by atoms with E-state index in [1.54, 1.807) is 14.0 Å². The molecule has 0 N–H and O–H groups in total. The molecule has 0 atom stereocenters. The predicted molar refractivity (Wildman–Crippen MR) is 115 cm³/mol. The van der Waals surface area contributed by atoms with E-state index in [0.717, 1.165) is 37.2 Å². The van der Waals surface area contributed by atoms with Crippen molar-refractivity contribution in [1.82, 2.24) is 14.3 Å². The summed E-state index contributed by atoms with van der Waals surface area (Å²) >= 11 is 0. The Morgan fingerprint density at radius 3 is 2.47 bits per heavy atom. The molecule has 1 aromatic carbocycles. The fraction of sp³-hybridized carbons (Fsp3) is 0.524. The number of nitrogens with zero attached hydrogens (tertiary/aromatic N) is 4. The van der Waals surface area contributed by atoms with Crippen LogP contribution in [0.5, 0.6) is 17.4 Å². The van der Waals surface area contributed by atoms with Gasteiger partial charge in [-0.15, -0.1) is 0 Å². The highest BCUT2D eigenvalue weighted by atomic mass is 32.2. The van der Waals surface area contributed by atoms with E-state index in [1.165, 1.54) is 10.7 Å². The normalized spacial score (nSPS) is 17.5. The van der Waals surface area contributed by atoms with Crippen LogP contribution in [-0.2, 0) is 23.0 Å². The average Bonchev–Trinajstić information content (AvgIpc) is 2.79. The minimum atomic E-state index is -3.31. The second-order valence-corrected chi connectivity index (χ2v) is 9.80. The Hall–Kier alpha value is -2.39. The molecule has 9 heteroatoms. The predicted octanol–water partition coefficient (Wildman–Crippen LogP) is 2.98. The molecule has 2 aliphatic heterocycles. The number of hydrogen-bond acceptors (Lipinski definition) is 7. The van der Waals surface area contributed by atoms with Gasteiger partial charge in [0, 0.05) is 32.6 Å². The van der Waals surface area contributed by atoms with E-state index in [2.05, 4.69) is 4.90 Å². The van der Waals surface area contributed by atoms with Crippen molar-refractivity contribution in [3.8, 4) is 17.4 Å². The van der Waals surface area contributed by atoms with Gasteiger partial charge < -0.3 is 14.4 Å². The van der Waals surface area contributed by atoms with E-state index in [1.807, 2.05) is 24.3 Å². The van der Waals surface area contributed by atoms with E-state index in [4.69, 9.17) is 19.4 Å². The van der Waals surface area contributed by atoms with Gasteiger partial charge >= 0.3 is 0 Å². The summed E-state index contributed by atoms with van der Waals surface area (Å²) in [6.45, 7) is 4.14. The Balaban J connectivity index is 1.75. The fourth-order valence-corrected chi connectivity index (χ4v) is 4.95. The molecule has 0 unspecified atom stereocenters. The molecule has 1 saturated heterocycles. The van der Waals surface area contributed by atoms with Crippen LogP contribution in [0, 0.1) is 0 Å². The SMILES string of the molecule is CCS(=O)(=O)N1CCc2nc(N3CCCCC3)nc(Oc3ccccc3OC)c2C1. The highest BCUT2D eigenvalue weighted by Gasteiger charge is 2.31. The molecule has 0 radical (unpaired) electrons. The van der Waals surface area contributed by atoms with E-state index < -0.39 is 10.0 Å². The first-order valence-electron chi connectivity index (χ1n) is 10.4. The molecule has 162 valence electrons. The van der Waals surface area contributed by atoms with Crippen molar-refractivity contribution in [2.45, 2.75) is 39.2 Å². The standard InChI is InChI=1S/C21H28N4O4S/c1-3-30(26,27)25-14-11-17-16(15-25)20(29-19-10-6-5-9-18(19)28-2)23-21(22-17)24-12-7-4-8-13-24/h5-6,9-10H,3-4,7-8,11-15H2,1-2H3. The highest BCUT2D eigenvalue weighted by Crippen LogP contribution is 2.36. The maximum absolute atomic E-state index is 12.5. The number of anilines is 1. The molecule has 1 aromatic heterocycles. The maximum atomic E-state index is 12.5. The fourth-order valence-electron chi connectivity index (χ4n) is 3.89. The summed E-state index contributed by atoms with van der Waals surface area (Å²) in [5.74, 6) is 2.27. The second kappa shape index (κ2) is 8.77. The molecular formula is C21H28N4O4S. The first-order chi connectivity index (χ1) is 14.5. The van der Waals surface area contributed by atoms with Gasteiger partial charge in [-0.25, -0.2) is 13.4 Å². The number of ether oxygens (including phenoxy) is 2. The molecule has 30 heavy (non-hydrogen) atoms. The summed E-state index contributed by atoms with van der Waals surface area (Å²) in [6.07, 6.45) is 3.99. The Morgan fingerprint density at radius 2 is 1.77 bits per heavy atom. The quantitative estimate of drug-likeness (QED) is 0.694. The zero-order valence-electron chi connectivity index (χ0n) is 17.5. The van der Waals surface area contributed by atoms with Crippen LogP contribution in [0.4, 0.5) is 5.95 Å². The lowest BCUT2D eigenvalue weighted by molar-refractivity contribution is 0.353. The van der Waals surface area contributed by atoms with E-state index in [0.29, 0.717) is 36.3 Å². The molecule has 8 nitrogen and oxygen atoms in total. The van der Waals surface area contributed by atoms with Crippen molar-refractivity contribution in [1.29, 1.82) is 0 Å². The van der Waals surface area contributed by atoms with Gasteiger partial charge in [-0.2, -0.15) is 9.29 Å². The monoisotopic (exact) mass is 432 g/mol. The number of fused-ring (bicyclic) bond motifs is 1. The van der Waals surface area contributed by atoms with Crippen LogP contribution < -0.4 is 14.4 Å². The van der Waals surface area contributed by atoms with Crippen LogP contribution in [-0.4, -0.2) is 55.2 Å². The Bertz CT molecular complexity index is 1010. The lowest BCUT2D eigenvalue weighted by Gasteiger charge is -2.31. The largest absolute Gasteiger partial charge is 0.493 e. The second-order valence-electron chi connectivity index (χ2n) is 7.54. The van der Waals surface area contributed by atoms with Crippen molar-refractivity contribution in [2.24, 2.45) is 0 Å². The summed E-state index contributed by atoms with van der Waals surface area (Å²) in [7, 11) is -1.72. The number of sulfonamides is 1.